The molecule has 0 atom stereocenters. The quantitative estimate of drug-likeness (QED) is 0.0449. The zero-order valence-corrected chi connectivity index (χ0v) is 20.1. The molecule has 36 heavy (non-hydrogen) atoms. The van der Waals surface area contributed by atoms with E-state index in [4.69, 9.17) is 56.3 Å². The molecule has 0 saturated carbocycles. The minimum Gasteiger partial charge on any atom is -0.313 e. The molecule has 0 spiro atoms. The van der Waals surface area contributed by atoms with E-state index < -0.39 is 41.2 Å². The van der Waals surface area contributed by atoms with Crippen molar-refractivity contribution in [2.24, 2.45) is 5.14 Å². The number of carbonyl (C=O) groups is 1. The van der Waals surface area contributed by atoms with Crippen LogP contribution in [0.15, 0.2) is 0 Å². The molecule has 0 aromatic carbocycles. The maximum atomic E-state index is 9.92. The van der Waals surface area contributed by atoms with Crippen molar-refractivity contribution in [2.45, 2.75) is 0 Å². The van der Waals surface area contributed by atoms with E-state index in [0.29, 0.717) is 0 Å². The van der Waals surface area contributed by atoms with Crippen LogP contribution in [0.5, 0.6) is 0 Å². The van der Waals surface area contributed by atoms with Crippen molar-refractivity contribution in [2.75, 3.05) is 39.5 Å². The number of hydrogen-bond acceptors (Lipinski definition) is 15. The predicted octanol–water partition coefficient (Wildman–Crippen LogP) is -4.38. The molecule has 0 aromatic heterocycles. The molecule has 0 heterocycles. The Hall–Kier alpha value is -2.68. The first-order valence-corrected chi connectivity index (χ1v) is 12.2. The molecule has 0 aliphatic carbocycles. The molecule has 0 aliphatic rings. The van der Waals surface area contributed by atoms with Crippen LogP contribution in [0, 0.1) is 30.3 Å². The third-order valence-corrected chi connectivity index (χ3v) is 1.81. The molecule has 0 saturated heterocycles. The fourth-order valence-corrected chi connectivity index (χ4v) is 1.07. The Kier molecular flexibility index (Phi) is 29.0. The topological polar surface area (TPSA) is 413 Å². The van der Waals surface area contributed by atoms with Crippen molar-refractivity contribution in [1.29, 1.82) is 0 Å². The fraction of sp³-hybridized carbons (Fsp3) is 0.857. The van der Waals surface area contributed by atoms with E-state index in [1.165, 1.54) is 4.90 Å². The van der Waals surface area contributed by atoms with E-state index in [2.05, 4.69) is 19.7 Å². The Morgan fingerprint density at radius 3 is 0.972 bits per heavy atom. The van der Waals surface area contributed by atoms with E-state index >= 15 is 0 Å². The van der Waals surface area contributed by atoms with Gasteiger partial charge in [0, 0.05) is 19.6 Å². The van der Waals surface area contributed by atoms with Gasteiger partial charge < -0.3 is 48.7 Å². The summed E-state index contributed by atoms with van der Waals surface area (Å²) in [4.78, 5) is 94.5. The van der Waals surface area contributed by atoms with Crippen LogP contribution < -0.4 is 5.14 Å². The molecule has 0 amide bonds. The maximum Gasteiger partial charge on any atom is 0.466 e. The minimum absolute atomic E-state index is 0.0448. The molecular weight excluding hydrogens is 584 g/mol. The van der Waals surface area contributed by atoms with Crippen LogP contribution in [0.2, 0.25) is 0 Å². The molecular formula is C7H23N5O21P2S. The molecule has 0 fully saturated rings. The molecule has 0 aliphatic heterocycles. The van der Waals surface area contributed by atoms with Crippen molar-refractivity contribution in [3.63, 3.8) is 0 Å². The standard InChI is InChI=1S/C6H12N4O9.CH2O.H3NO3S.2H3O4P/c11-8(12)17-4-1-7(2-5-18-9(13)14)3-6-19-10(15)16;1-2;3*1-5(2,3)4/h1-6H2;1H2;3*(H3,1,2,3,4). The summed E-state index contributed by atoms with van der Waals surface area (Å²) in [5.41, 5.74) is 0. The summed E-state index contributed by atoms with van der Waals surface area (Å²) in [5, 5.41) is 30.7. The fourth-order valence-electron chi connectivity index (χ4n) is 1.07. The molecule has 0 aromatic rings. The van der Waals surface area contributed by atoms with Crippen molar-refractivity contribution in [3.8, 4) is 0 Å². The highest BCUT2D eigenvalue weighted by molar-refractivity contribution is 7.83. The number of nitrogens with zero attached hydrogens (tertiary/aromatic N) is 4. The largest absolute Gasteiger partial charge is 0.466 e. The van der Waals surface area contributed by atoms with Crippen molar-refractivity contribution in [3.05, 3.63) is 30.3 Å². The molecule has 0 radical (unpaired) electrons. The lowest BCUT2D eigenvalue weighted by Crippen LogP contribution is -2.35. The summed E-state index contributed by atoms with van der Waals surface area (Å²) in [6, 6.07) is 0. The second-order valence-electron chi connectivity index (χ2n) is 4.55. The maximum absolute atomic E-state index is 9.92. The summed E-state index contributed by atoms with van der Waals surface area (Å²) in [5.74, 6) is 0. The average molecular weight is 607 g/mol. The van der Waals surface area contributed by atoms with E-state index in [1.54, 1.807) is 0 Å². The molecule has 9 N–H and O–H groups in total. The Bertz CT molecular complexity index is 704. The summed E-state index contributed by atoms with van der Waals surface area (Å²) < 4.78 is 43.0. The first kappa shape index (κ1) is 43.4. The third-order valence-electron chi connectivity index (χ3n) is 1.81. The molecule has 0 bridgehead atoms. The van der Waals surface area contributed by atoms with Gasteiger partial charge in [-0.15, -0.1) is 30.3 Å². The number of carbonyl (C=O) groups excluding carboxylic acids is 1. The van der Waals surface area contributed by atoms with Gasteiger partial charge in [-0.25, -0.2) is 14.3 Å². The first-order chi connectivity index (χ1) is 15.9. The van der Waals surface area contributed by atoms with Crippen LogP contribution in [0.25, 0.3) is 0 Å². The van der Waals surface area contributed by atoms with Crippen LogP contribution >= 0.6 is 15.6 Å². The van der Waals surface area contributed by atoms with Gasteiger partial charge in [0.2, 0.25) is 0 Å². The van der Waals surface area contributed by atoms with Gasteiger partial charge in [-0.1, -0.05) is 0 Å². The summed E-state index contributed by atoms with van der Waals surface area (Å²) >= 11 is 0. The van der Waals surface area contributed by atoms with Crippen LogP contribution in [-0.4, -0.2) is 109 Å². The van der Waals surface area contributed by atoms with Gasteiger partial charge >= 0.3 is 25.9 Å². The highest BCUT2D eigenvalue weighted by Gasteiger charge is 2.08. The van der Waals surface area contributed by atoms with E-state index in [-0.39, 0.29) is 39.5 Å². The monoisotopic (exact) mass is 607 g/mol. The Morgan fingerprint density at radius 1 is 0.722 bits per heavy atom. The van der Waals surface area contributed by atoms with Crippen LogP contribution in [-0.2, 0) is 38.7 Å². The second-order valence-corrected chi connectivity index (χ2v) is 7.64. The zero-order valence-electron chi connectivity index (χ0n) is 17.5. The Morgan fingerprint density at radius 2 is 0.861 bits per heavy atom. The van der Waals surface area contributed by atoms with Gasteiger partial charge in [-0.2, -0.15) is 8.42 Å². The van der Waals surface area contributed by atoms with E-state index in [9.17, 15) is 30.3 Å². The van der Waals surface area contributed by atoms with Gasteiger partial charge in [0.25, 0.3) is 15.3 Å². The normalized spacial score (nSPS) is 10.2. The highest BCUT2D eigenvalue weighted by Crippen LogP contribution is 2.26. The van der Waals surface area contributed by atoms with Crippen molar-refractivity contribution < 1.29 is 86.0 Å². The van der Waals surface area contributed by atoms with Crippen LogP contribution in [0.4, 0.5) is 0 Å². The van der Waals surface area contributed by atoms with Gasteiger partial charge in [-0.3, -0.25) is 9.45 Å². The molecule has 0 unspecified atom stereocenters. The summed E-state index contributed by atoms with van der Waals surface area (Å²) in [6.07, 6.45) is 0. The van der Waals surface area contributed by atoms with Crippen LogP contribution in [0.1, 0.15) is 0 Å². The highest BCUT2D eigenvalue weighted by atomic mass is 32.2. The third kappa shape index (κ3) is 123. The number of hydrogen-bond donors (Lipinski definition) is 8. The van der Waals surface area contributed by atoms with Crippen molar-refractivity contribution in [1.82, 2.24) is 4.90 Å². The van der Waals surface area contributed by atoms with E-state index in [1.807, 2.05) is 6.79 Å². The molecule has 26 nitrogen and oxygen atoms in total. The second kappa shape index (κ2) is 24.0. The average Bonchev–Trinajstić information content (AvgIpc) is 2.58. The zero-order chi connectivity index (χ0) is 30.2. The first-order valence-electron chi connectivity index (χ1n) is 7.56. The van der Waals surface area contributed by atoms with E-state index in [0.717, 1.165) is 0 Å². The molecule has 0 rings (SSSR count). The molecule has 29 heteroatoms. The van der Waals surface area contributed by atoms with Gasteiger partial charge in [-0.05, 0) is 0 Å². The van der Waals surface area contributed by atoms with Gasteiger partial charge in [0.05, 0.1) is 0 Å². The predicted molar refractivity (Wildman–Crippen MR) is 107 cm³/mol. The number of rotatable bonds is 12. The summed E-state index contributed by atoms with van der Waals surface area (Å²) in [7, 11) is -13.4. The summed E-state index contributed by atoms with van der Waals surface area (Å²) in [6.45, 7) is 1.31. The minimum atomic E-state index is -4.64. The lowest BCUT2D eigenvalue weighted by molar-refractivity contribution is -0.760. The SMILES string of the molecule is C=O.NS(=O)(=O)O.O=P(O)(O)O.O=P(O)(O)O.O=[N+]([O-])OCCN(CCO[N+](=O)[O-])CCO[N+](=O)[O-]. The van der Waals surface area contributed by atoms with Crippen LogP contribution in [0.3, 0.4) is 0 Å². The number of phosphoric acid groups is 2. The lowest BCUT2D eigenvalue weighted by atomic mass is 10.4. The molecule has 218 valence electrons. The Labute approximate surface area is 199 Å². The van der Waals surface area contributed by atoms with Gasteiger partial charge in [0.15, 0.2) is 0 Å². The smallest absolute Gasteiger partial charge is 0.313 e. The number of nitrogens with two attached hydrogens (primary N) is 1. The Balaban J connectivity index is -0.000000152. The van der Waals surface area contributed by atoms with Gasteiger partial charge in [0.1, 0.15) is 26.6 Å². The lowest BCUT2D eigenvalue weighted by Gasteiger charge is -2.20. The van der Waals surface area contributed by atoms with Crippen molar-refractivity contribution >= 4 is 32.7 Å².